The zero-order chi connectivity index (χ0) is 45.8. The molecule has 3 heterocycles. The van der Waals surface area contributed by atoms with Gasteiger partial charge < -0.3 is 68.7 Å². The maximum absolute atomic E-state index is 14.5. The molecule has 4 fully saturated rings. The lowest BCUT2D eigenvalue weighted by atomic mass is 9.77. The second-order valence-electron chi connectivity index (χ2n) is 19.2. The number of likely N-dealkylation sites (N-methyl/N-ethyl adjacent to an activating group) is 1. The van der Waals surface area contributed by atoms with Gasteiger partial charge in [-0.2, -0.15) is 0 Å². The number of carbonyl (C=O) groups excluding carboxylic acids is 3. The van der Waals surface area contributed by atoms with Gasteiger partial charge in [0, 0.05) is 51.1 Å². The molecule has 0 radical (unpaired) electrons. The summed E-state index contributed by atoms with van der Waals surface area (Å²) in [6.07, 6.45) is -6.49. The monoisotopic (exact) mass is 874 g/mol. The van der Waals surface area contributed by atoms with Gasteiger partial charge in [0.05, 0.1) is 48.4 Å². The van der Waals surface area contributed by atoms with E-state index in [1.807, 2.05) is 39.8 Å². The highest BCUT2D eigenvalue weighted by atomic mass is 16.7. The van der Waals surface area contributed by atoms with Crippen LogP contribution in [0.4, 0.5) is 0 Å². The lowest BCUT2D eigenvalue weighted by Crippen LogP contribution is -2.61. The summed E-state index contributed by atoms with van der Waals surface area (Å²) >= 11 is 0. The summed E-state index contributed by atoms with van der Waals surface area (Å²) in [6, 6.07) is -0.792. The standard InChI is InChI=1S/C44H79N3O14/c1-15-31-44(10,53)36(50)27(6)46-39(51)23(2)21-42(8,54-13)37(61-41-34(49)30(47(11)12)20-24(3)56-41)25(4)35(26(5)40(52)58-31)60-33-22-43(9,55-14)38(28(7)57-33)59-32(48)18-19-45-29-16-17-29/h23-31,33-38,41,45,49-50,53H,15-22H2,1-14H3,(H,46,51)/t23-,24-,25+,26-,27-,28+,30+,31-,33+,34-,35+,36-,37-,38+,41+,42-,43-,44-/m1/s1. The highest BCUT2D eigenvalue weighted by Gasteiger charge is 2.54. The van der Waals surface area contributed by atoms with Crippen LogP contribution in [0.3, 0.4) is 0 Å². The van der Waals surface area contributed by atoms with Crippen molar-refractivity contribution >= 4 is 17.8 Å². The number of esters is 2. The minimum atomic E-state index is -1.97. The van der Waals surface area contributed by atoms with Crippen molar-refractivity contribution in [3.05, 3.63) is 0 Å². The molecule has 4 aliphatic rings. The molecule has 1 saturated carbocycles. The number of rotatable bonds is 13. The van der Waals surface area contributed by atoms with Crippen molar-refractivity contribution in [1.29, 1.82) is 0 Å². The summed E-state index contributed by atoms with van der Waals surface area (Å²) in [5, 5.41) is 41.0. The van der Waals surface area contributed by atoms with Gasteiger partial charge in [-0.05, 0) is 94.7 Å². The van der Waals surface area contributed by atoms with Crippen LogP contribution in [0.1, 0.15) is 114 Å². The third-order valence-electron chi connectivity index (χ3n) is 13.7. The predicted molar refractivity (Wildman–Crippen MR) is 224 cm³/mol. The summed E-state index contributed by atoms with van der Waals surface area (Å²) in [5.74, 6) is -4.07. The van der Waals surface area contributed by atoms with Crippen LogP contribution in [0.5, 0.6) is 0 Å². The van der Waals surface area contributed by atoms with Gasteiger partial charge in [0.25, 0.3) is 0 Å². The average molecular weight is 874 g/mol. The van der Waals surface area contributed by atoms with Crippen LogP contribution in [0.15, 0.2) is 0 Å². The van der Waals surface area contributed by atoms with Gasteiger partial charge in [-0.3, -0.25) is 14.4 Å². The van der Waals surface area contributed by atoms with E-state index in [9.17, 15) is 29.7 Å². The minimum absolute atomic E-state index is 0.0874. The summed E-state index contributed by atoms with van der Waals surface area (Å²) in [5.41, 5.74) is -4.32. The first-order chi connectivity index (χ1) is 28.4. The first-order valence-corrected chi connectivity index (χ1v) is 22.3. The van der Waals surface area contributed by atoms with Crippen molar-refractivity contribution in [1.82, 2.24) is 15.5 Å². The number of hydrogen-bond acceptors (Lipinski definition) is 16. The van der Waals surface area contributed by atoms with Crippen LogP contribution in [-0.2, 0) is 52.3 Å². The van der Waals surface area contributed by atoms with Gasteiger partial charge in [0.2, 0.25) is 5.91 Å². The smallest absolute Gasteiger partial charge is 0.311 e. The molecule has 17 heteroatoms. The van der Waals surface area contributed by atoms with E-state index in [4.69, 9.17) is 37.9 Å². The molecule has 18 atom stereocenters. The Labute approximate surface area is 363 Å². The molecule has 354 valence electrons. The Morgan fingerprint density at radius 3 is 2.13 bits per heavy atom. The topological polar surface area (TPSA) is 213 Å². The van der Waals surface area contributed by atoms with Crippen LogP contribution < -0.4 is 10.6 Å². The molecule has 0 spiro atoms. The van der Waals surface area contributed by atoms with Crippen LogP contribution in [0.2, 0.25) is 0 Å². The Bertz CT molecular complexity index is 1450. The lowest BCUT2D eigenvalue weighted by Gasteiger charge is -2.49. The number of nitrogens with one attached hydrogen (secondary N) is 2. The van der Waals surface area contributed by atoms with Crippen LogP contribution >= 0.6 is 0 Å². The number of aliphatic hydroxyl groups excluding tert-OH is 2. The molecule has 4 rings (SSSR count). The van der Waals surface area contributed by atoms with Gasteiger partial charge in [-0.15, -0.1) is 0 Å². The molecule has 0 unspecified atom stereocenters. The Kier molecular flexibility index (Phi) is 18.0. The molecule has 17 nitrogen and oxygen atoms in total. The van der Waals surface area contributed by atoms with Gasteiger partial charge in [0.1, 0.15) is 29.5 Å². The second-order valence-corrected chi connectivity index (χ2v) is 19.2. The maximum atomic E-state index is 14.5. The van der Waals surface area contributed by atoms with Crippen LogP contribution in [0, 0.1) is 17.8 Å². The zero-order valence-electron chi connectivity index (χ0n) is 39.2. The van der Waals surface area contributed by atoms with E-state index in [-0.39, 0.29) is 43.8 Å². The second kappa shape index (κ2) is 21.3. The van der Waals surface area contributed by atoms with Crippen LogP contribution in [0.25, 0.3) is 0 Å². The molecule has 0 aromatic rings. The molecular weight excluding hydrogens is 794 g/mol. The third-order valence-corrected chi connectivity index (χ3v) is 13.7. The number of methoxy groups -OCH3 is 2. The number of hydrogen-bond donors (Lipinski definition) is 5. The van der Waals surface area contributed by atoms with Crippen molar-refractivity contribution < 1.29 is 67.6 Å². The molecular formula is C44H79N3O14. The first kappa shape index (κ1) is 51.6. The van der Waals surface area contributed by atoms with Crippen molar-refractivity contribution in [2.24, 2.45) is 17.8 Å². The summed E-state index contributed by atoms with van der Waals surface area (Å²) < 4.78 is 50.9. The van der Waals surface area contributed by atoms with E-state index in [2.05, 4.69) is 10.6 Å². The normalized spacial score (nSPS) is 44.7. The Morgan fingerprint density at radius 2 is 1.56 bits per heavy atom. The predicted octanol–water partition coefficient (Wildman–Crippen LogP) is 2.43. The highest BCUT2D eigenvalue weighted by molar-refractivity contribution is 5.78. The maximum Gasteiger partial charge on any atom is 0.311 e. The highest BCUT2D eigenvalue weighted by Crippen LogP contribution is 2.41. The van der Waals surface area contributed by atoms with Crippen molar-refractivity contribution in [3.63, 3.8) is 0 Å². The Morgan fingerprint density at radius 1 is 0.934 bits per heavy atom. The Balaban J connectivity index is 1.78. The fourth-order valence-electron chi connectivity index (χ4n) is 9.49. The number of amides is 1. The molecule has 3 aliphatic heterocycles. The van der Waals surface area contributed by atoms with Crippen molar-refractivity contribution in [2.45, 2.75) is 211 Å². The molecule has 0 aromatic heterocycles. The number of carbonyl (C=O) groups is 3. The number of nitrogens with zero attached hydrogens (tertiary/aromatic N) is 1. The zero-order valence-corrected chi connectivity index (χ0v) is 39.2. The van der Waals surface area contributed by atoms with E-state index < -0.39 is 108 Å². The summed E-state index contributed by atoms with van der Waals surface area (Å²) in [7, 11) is 6.80. The van der Waals surface area contributed by atoms with Crippen molar-refractivity contribution in [2.75, 3.05) is 34.9 Å². The van der Waals surface area contributed by atoms with E-state index in [0.29, 0.717) is 19.0 Å². The fourth-order valence-corrected chi connectivity index (χ4v) is 9.49. The minimum Gasteiger partial charge on any atom is -0.459 e. The fraction of sp³-hybridized carbons (Fsp3) is 0.932. The molecule has 61 heavy (non-hydrogen) atoms. The quantitative estimate of drug-likeness (QED) is 0.168. The van der Waals surface area contributed by atoms with Gasteiger partial charge in [-0.25, -0.2) is 0 Å². The lowest BCUT2D eigenvalue weighted by molar-refractivity contribution is -0.320. The number of cyclic esters (lactones) is 1. The number of ether oxygens (including phenoxy) is 8. The summed E-state index contributed by atoms with van der Waals surface area (Å²) in [6.45, 7) is 17.7. The molecule has 1 aliphatic carbocycles. The van der Waals surface area contributed by atoms with E-state index in [0.717, 1.165) is 12.8 Å². The van der Waals surface area contributed by atoms with E-state index >= 15 is 0 Å². The van der Waals surface area contributed by atoms with E-state index in [1.54, 1.807) is 41.5 Å². The SMILES string of the molecule is CC[C@H]1OC(=O)[C@H](C)[C@@H](O[C@H]2C[C@@](C)(OC)[C@@H](OC(=O)CCNC3CC3)[C@H](C)O2)[C@H](C)[C@@H](O[C@@H]2O[C@H](C)C[C@H](N(C)C)[C@H]2O)[C@](C)(OC)C[C@@H](C)C(=O)N[C@H](C)[C@@H](O)[C@]1(C)O. The summed E-state index contributed by atoms with van der Waals surface area (Å²) in [4.78, 5) is 43.3. The van der Waals surface area contributed by atoms with E-state index in [1.165, 1.54) is 21.1 Å². The third kappa shape index (κ3) is 12.4. The first-order valence-electron chi connectivity index (χ1n) is 22.3. The van der Waals surface area contributed by atoms with Gasteiger partial charge >= 0.3 is 11.9 Å². The molecule has 0 aromatic carbocycles. The molecule has 3 saturated heterocycles. The number of aliphatic hydroxyl groups is 3. The van der Waals surface area contributed by atoms with Gasteiger partial charge in [0.15, 0.2) is 18.7 Å². The van der Waals surface area contributed by atoms with Gasteiger partial charge in [-0.1, -0.05) is 20.8 Å². The van der Waals surface area contributed by atoms with Crippen LogP contribution in [-0.4, -0.2) is 169 Å². The Hall–Kier alpha value is -2.03. The average Bonchev–Trinajstić information content (AvgIpc) is 4.03. The molecule has 1 amide bonds. The van der Waals surface area contributed by atoms with Crippen molar-refractivity contribution in [3.8, 4) is 0 Å². The molecule has 0 bridgehead atoms. The molecule has 5 N–H and O–H groups in total. The largest absolute Gasteiger partial charge is 0.459 e.